The van der Waals surface area contributed by atoms with E-state index >= 15 is 0 Å². The van der Waals surface area contributed by atoms with Gasteiger partial charge in [-0.05, 0) is 83.9 Å². The first-order valence-corrected chi connectivity index (χ1v) is 20.5. The number of pyridine rings is 1. The molecule has 4 nitrogen and oxygen atoms in total. The second-order valence-electron chi connectivity index (χ2n) is 15.1. The van der Waals surface area contributed by atoms with Gasteiger partial charge in [0.15, 0.2) is 0 Å². The van der Waals surface area contributed by atoms with Gasteiger partial charge in [0.25, 0.3) is 0 Å². The van der Waals surface area contributed by atoms with E-state index in [-0.39, 0.29) is 0 Å². The molecule has 0 unspecified atom stereocenters. The van der Waals surface area contributed by atoms with Crippen molar-refractivity contribution in [2.45, 2.75) is 0 Å². The van der Waals surface area contributed by atoms with Crippen LogP contribution in [-0.2, 0) is 0 Å². The number of benzene rings is 8. The van der Waals surface area contributed by atoms with Gasteiger partial charge in [0.2, 0.25) is 0 Å². The number of fused-ring (bicyclic) bond motifs is 12. The molecule has 58 heavy (non-hydrogen) atoms. The third-order valence-corrected chi connectivity index (χ3v) is 13.3. The number of thiophene rings is 1. The van der Waals surface area contributed by atoms with E-state index in [0.717, 1.165) is 33.3 Å². The first-order valence-electron chi connectivity index (χ1n) is 19.7. The highest BCUT2D eigenvalue weighted by molar-refractivity contribution is 7.26. The lowest BCUT2D eigenvalue weighted by atomic mass is 10.0. The highest BCUT2D eigenvalue weighted by Crippen LogP contribution is 2.45. The SMILES string of the molecule is c1ccc(-c2cccc3c2sc2c(-n4c5ccccc5c5cc6c(cc54)c4ccccc4n6-c4ccc5c(c4)c4ncccc4n5-c4ccccc4)cccc23)cc1. The molecule has 0 aliphatic carbocycles. The van der Waals surface area contributed by atoms with Crippen LogP contribution in [0.1, 0.15) is 0 Å². The lowest BCUT2D eigenvalue weighted by Gasteiger charge is -2.11. The Kier molecular flexibility index (Phi) is 6.57. The van der Waals surface area contributed by atoms with Crippen LogP contribution in [0.25, 0.3) is 114 Å². The lowest BCUT2D eigenvalue weighted by molar-refractivity contribution is 1.16. The van der Waals surface area contributed by atoms with Crippen LogP contribution in [0.4, 0.5) is 0 Å². The van der Waals surface area contributed by atoms with Gasteiger partial charge in [-0.25, -0.2) is 0 Å². The molecule has 0 amide bonds. The predicted octanol–water partition coefficient (Wildman–Crippen LogP) is 14.4. The molecule has 5 aromatic heterocycles. The molecule has 0 radical (unpaired) electrons. The van der Waals surface area contributed by atoms with E-state index in [1.807, 2.05) is 23.6 Å². The predicted molar refractivity (Wildman–Crippen MR) is 246 cm³/mol. The molecule has 0 saturated carbocycles. The van der Waals surface area contributed by atoms with Crippen molar-refractivity contribution in [1.82, 2.24) is 18.7 Å². The lowest BCUT2D eigenvalue weighted by Crippen LogP contribution is -1.96. The molecule has 0 saturated heterocycles. The molecule has 13 aromatic rings. The van der Waals surface area contributed by atoms with Crippen molar-refractivity contribution >= 4 is 97.1 Å². The number of hydrogen-bond donors (Lipinski definition) is 0. The molecule has 0 N–H and O–H groups in total. The Balaban J connectivity index is 1.09. The Morgan fingerprint density at radius 2 is 0.931 bits per heavy atom. The highest BCUT2D eigenvalue weighted by Gasteiger charge is 2.22. The van der Waals surface area contributed by atoms with Crippen molar-refractivity contribution in [2.75, 3.05) is 0 Å². The van der Waals surface area contributed by atoms with Crippen LogP contribution in [0.2, 0.25) is 0 Å². The second kappa shape index (κ2) is 12.0. The highest BCUT2D eigenvalue weighted by atomic mass is 32.1. The van der Waals surface area contributed by atoms with E-state index in [4.69, 9.17) is 4.98 Å². The average Bonchev–Trinajstić information content (AvgIpc) is 4.02. The summed E-state index contributed by atoms with van der Waals surface area (Å²) < 4.78 is 9.89. The van der Waals surface area contributed by atoms with Gasteiger partial charge in [0.05, 0.1) is 49.0 Å². The zero-order valence-electron chi connectivity index (χ0n) is 31.2. The summed E-state index contributed by atoms with van der Waals surface area (Å²) >= 11 is 1.90. The molecule has 270 valence electrons. The molecule has 0 aliphatic rings. The van der Waals surface area contributed by atoms with Crippen LogP contribution in [-0.4, -0.2) is 18.7 Å². The summed E-state index contributed by atoms with van der Waals surface area (Å²) in [6, 6.07) is 68.6. The Labute approximate surface area is 336 Å². The molecule has 0 fully saturated rings. The minimum Gasteiger partial charge on any atom is -0.309 e. The first kappa shape index (κ1) is 31.7. The van der Waals surface area contributed by atoms with Gasteiger partial charge in [-0.15, -0.1) is 11.3 Å². The van der Waals surface area contributed by atoms with Crippen molar-refractivity contribution in [2.24, 2.45) is 0 Å². The van der Waals surface area contributed by atoms with Crippen LogP contribution in [0.3, 0.4) is 0 Å². The van der Waals surface area contributed by atoms with Crippen molar-refractivity contribution in [1.29, 1.82) is 0 Å². The molecular formula is C53H32N4S. The van der Waals surface area contributed by atoms with Crippen molar-refractivity contribution < 1.29 is 0 Å². The quantitative estimate of drug-likeness (QED) is 0.176. The number of rotatable bonds is 4. The van der Waals surface area contributed by atoms with Gasteiger partial charge in [-0.2, -0.15) is 0 Å². The molecule has 5 heterocycles. The van der Waals surface area contributed by atoms with Crippen molar-refractivity contribution in [3.63, 3.8) is 0 Å². The fourth-order valence-electron chi connectivity index (χ4n) is 9.61. The minimum absolute atomic E-state index is 1.00. The Hall–Kier alpha value is -7.47. The molecule has 5 heteroatoms. The number of nitrogens with zero attached hydrogens (tertiary/aromatic N) is 4. The van der Waals surface area contributed by atoms with E-state index < -0.39 is 0 Å². The van der Waals surface area contributed by atoms with E-state index in [0.29, 0.717) is 0 Å². The van der Waals surface area contributed by atoms with Crippen molar-refractivity contribution in [3.05, 3.63) is 194 Å². The normalized spacial score (nSPS) is 12.1. The Morgan fingerprint density at radius 3 is 1.71 bits per heavy atom. The van der Waals surface area contributed by atoms with Gasteiger partial charge in [-0.3, -0.25) is 4.98 Å². The fourth-order valence-corrected chi connectivity index (χ4v) is 11.0. The maximum absolute atomic E-state index is 4.93. The largest absolute Gasteiger partial charge is 0.309 e. The van der Waals surface area contributed by atoms with E-state index in [2.05, 4.69) is 196 Å². The summed E-state index contributed by atoms with van der Waals surface area (Å²) in [4.78, 5) is 4.93. The third kappa shape index (κ3) is 4.36. The molecule has 0 bridgehead atoms. The topological polar surface area (TPSA) is 27.7 Å². The third-order valence-electron chi connectivity index (χ3n) is 12.1. The number of aromatic nitrogens is 4. The van der Waals surface area contributed by atoms with Crippen molar-refractivity contribution in [3.8, 4) is 28.2 Å². The molecule has 0 atom stereocenters. The Morgan fingerprint density at radius 1 is 0.345 bits per heavy atom. The summed E-state index contributed by atoms with van der Waals surface area (Å²) in [5.74, 6) is 0. The van der Waals surface area contributed by atoms with Gasteiger partial charge < -0.3 is 13.7 Å². The fraction of sp³-hybridized carbons (Fsp3) is 0. The maximum Gasteiger partial charge on any atom is 0.0964 e. The van der Waals surface area contributed by atoms with E-state index in [1.54, 1.807) is 0 Å². The van der Waals surface area contributed by atoms with Crippen LogP contribution in [0.15, 0.2) is 194 Å². The molecular weight excluding hydrogens is 725 g/mol. The summed E-state index contributed by atoms with van der Waals surface area (Å²) in [6.45, 7) is 0. The average molecular weight is 757 g/mol. The standard InChI is InChI=1S/C53H32N4S/c1-3-14-33(15-4-1)36-20-11-21-39-40-22-12-25-48(53(40)58-52(36)39)57-45-24-10-8-19-38(45)42-31-49-41(32-50(42)57)37-18-7-9-23-44(37)56(49)35-27-28-46-43(30-35)51-47(26-13-29-54-51)55(46)34-16-5-2-6-17-34/h1-32H. The van der Waals surface area contributed by atoms with Crippen LogP contribution >= 0.6 is 11.3 Å². The van der Waals surface area contributed by atoms with E-state index in [9.17, 15) is 0 Å². The summed E-state index contributed by atoms with van der Waals surface area (Å²) in [5, 5.41) is 8.66. The molecule has 0 spiro atoms. The van der Waals surface area contributed by atoms with Crippen LogP contribution in [0.5, 0.6) is 0 Å². The number of hydrogen-bond acceptors (Lipinski definition) is 2. The van der Waals surface area contributed by atoms with Gasteiger partial charge in [0.1, 0.15) is 0 Å². The first-order chi connectivity index (χ1) is 28.8. The van der Waals surface area contributed by atoms with Gasteiger partial charge >= 0.3 is 0 Å². The number of para-hydroxylation sites is 3. The zero-order valence-corrected chi connectivity index (χ0v) is 32.0. The minimum atomic E-state index is 1.00. The monoisotopic (exact) mass is 756 g/mol. The molecule has 0 aliphatic heterocycles. The maximum atomic E-state index is 4.93. The van der Waals surface area contributed by atoms with Gasteiger partial charge in [-0.1, -0.05) is 115 Å². The van der Waals surface area contributed by atoms with E-state index in [1.165, 1.54) is 80.6 Å². The van der Waals surface area contributed by atoms with Crippen LogP contribution in [0, 0.1) is 0 Å². The smallest absolute Gasteiger partial charge is 0.0964 e. The molecule has 13 rings (SSSR count). The Bertz CT molecular complexity index is 3790. The summed E-state index contributed by atoms with van der Waals surface area (Å²) in [5.41, 5.74) is 14.0. The van der Waals surface area contributed by atoms with Crippen LogP contribution < -0.4 is 0 Å². The summed E-state index contributed by atoms with van der Waals surface area (Å²) in [7, 11) is 0. The zero-order chi connectivity index (χ0) is 37.9. The van der Waals surface area contributed by atoms with Gasteiger partial charge in [0, 0.05) is 60.0 Å². The summed E-state index contributed by atoms with van der Waals surface area (Å²) in [6.07, 6.45) is 1.90. The second-order valence-corrected chi connectivity index (χ2v) is 16.2. The molecule has 8 aromatic carbocycles.